The van der Waals surface area contributed by atoms with E-state index in [2.05, 4.69) is 17.3 Å². The molecule has 11 heavy (non-hydrogen) atoms. The number of hydrogen-bond acceptors (Lipinski definition) is 2. The molecule has 1 N–H and O–H groups in total. The van der Waals surface area contributed by atoms with Crippen LogP contribution in [0.25, 0.3) is 0 Å². The smallest absolute Gasteiger partial charge is 0.0108 e. The van der Waals surface area contributed by atoms with Crippen molar-refractivity contribution in [3.8, 4) is 0 Å². The van der Waals surface area contributed by atoms with Crippen LogP contribution in [0.1, 0.15) is 25.7 Å². The van der Waals surface area contributed by atoms with Crippen molar-refractivity contribution in [2.45, 2.75) is 37.8 Å². The van der Waals surface area contributed by atoms with Crippen LogP contribution in [-0.2, 0) is 0 Å². The molecule has 0 amide bonds. The topological polar surface area (TPSA) is 15.3 Å². The molecule has 2 aliphatic heterocycles. The fraction of sp³-hybridized carbons (Fsp3) is 1.00. The van der Waals surface area contributed by atoms with E-state index in [0.717, 1.165) is 12.1 Å². The van der Waals surface area contributed by atoms with Gasteiger partial charge in [-0.3, -0.25) is 0 Å². The molecule has 0 aromatic carbocycles. The van der Waals surface area contributed by atoms with Gasteiger partial charge in [0.05, 0.1) is 0 Å². The van der Waals surface area contributed by atoms with Gasteiger partial charge in [0.25, 0.3) is 0 Å². The Morgan fingerprint density at radius 3 is 2.09 bits per heavy atom. The highest BCUT2D eigenvalue weighted by molar-refractivity contribution is 4.87. The molecule has 64 valence electrons. The molecule has 2 heterocycles. The van der Waals surface area contributed by atoms with Gasteiger partial charge in [-0.2, -0.15) is 0 Å². The molecular formula is C9H18N2. The molecule has 2 saturated heterocycles. The molecule has 2 fully saturated rings. The molecule has 0 radical (unpaired) electrons. The van der Waals surface area contributed by atoms with Crippen LogP contribution in [0.3, 0.4) is 0 Å². The van der Waals surface area contributed by atoms with Gasteiger partial charge in [0.15, 0.2) is 0 Å². The van der Waals surface area contributed by atoms with Gasteiger partial charge < -0.3 is 10.2 Å². The lowest BCUT2D eigenvalue weighted by Crippen LogP contribution is -2.39. The Bertz CT molecular complexity index is 122. The molecule has 2 bridgehead atoms. The van der Waals surface area contributed by atoms with E-state index in [4.69, 9.17) is 0 Å². The van der Waals surface area contributed by atoms with Gasteiger partial charge >= 0.3 is 0 Å². The minimum Gasteiger partial charge on any atom is -0.317 e. The summed E-state index contributed by atoms with van der Waals surface area (Å²) in [4.78, 5) is 2.60. The van der Waals surface area contributed by atoms with E-state index in [1.165, 1.54) is 38.8 Å². The molecule has 2 unspecified atom stereocenters. The molecule has 0 aromatic rings. The van der Waals surface area contributed by atoms with Crippen molar-refractivity contribution in [3.63, 3.8) is 0 Å². The maximum absolute atomic E-state index is 3.48. The molecule has 2 aliphatic rings. The first-order chi connectivity index (χ1) is 5.38. The van der Waals surface area contributed by atoms with Gasteiger partial charge in [-0.15, -0.1) is 0 Å². The van der Waals surface area contributed by atoms with Gasteiger partial charge in [0, 0.05) is 12.1 Å². The van der Waals surface area contributed by atoms with Crippen LogP contribution in [0.2, 0.25) is 0 Å². The second kappa shape index (κ2) is 3.11. The summed E-state index contributed by atoms with van der Waals surface area (Å²) >= 11 is 0. The maximum Gasteiger partial charge on any atom is 0.0108 e. The lowest BCUT2D eigenvalue weighted by molar-refractivity contribution is 0.207. The first-order valence-corrected chi connectivity index (χ1v) is 4.80. The van der Waals surface area contributed by atoms with Gasteiger partial charge in [-0.25, -0.2) is 0 Å². The maximum atomic E-state index is 3.48. The van der Waals surface area contributed by atoms with Crippen LogP contribution in [-0.4, -0.2) is 37.1 Å². The van der Waals surface area contributed by atoms with Crippen molar-refractivity contribution < 1.29 is 0 Å². The van der Waals surface area contributed by atoms with Crippen LogP contribution < -0.4 is 5.32 Å². The molecule has 0 aromatic heterocycles. The van der Waals surface area contributed by atoms with Crippen molar-refractivity contribution in [1.82, 2.24) is 10.2 Å². The largest absolute Gasteiger partial charge is 0.317 e. The summed E-state index contributed by atoms with van der Waals surface area (Å²) in [5.74, 6) is 0. The van der Waals surface area contributed by atoms with Crippen LogP contribution in [0.5, 0.6) is 0 Å². The second-order valence-corrected chi connectivity index (χ2v) is 3.88. The summed E-state index contributed by atoms with van der Waals surface area (Å²) in [5, 5.41) is 3.48. The predicted molar refractivity (Wildman–Crippen MR) is 46.7 cm³/mol. The van der Waals surface area contributed by atoms with E-state index >= 15 is 0 Å². The van der Waals surface area contributed by atoms with Gasteiger partial charge in [0.1, 0.15) is 0 Å². The normalized spacial score (nSPS) is 40.1. The number of hydrogen-bond donors (Lipinski definition) is 1. The number of nitrogens with one attached hydrogen (secondary N) is 1. The van der Waals surface area contributed by atoms with E-state index in [9.17, 15) is 0 Å². The molecule has 0 aliphatic carbocycles. The van der Waals surface area contributed by atoms with Gasteiger partial charge in [-0.1, -0.05) is 0 Å². The third kappa shape index (κ3) is 1.42. The average molecular weight is 154 g/mol. The molecular weight excluding hydrogens is 136 g/mol. The van der Waals surface area contributed by atoms with Crippen molar-refractivity contribution >= 4 is 0 Å². The summed E-state index contributed by atoms with van der Waals surface area (Å²) in [6.45, 7) is 2.45. The lowest BCUT2D eigenvalue weighted by Gasteiger charge is -2.28. The quantitative estimate of drug-likeness (QED) is 0.556. The first-order valence-electron chi connectivity index (χ1n) is 4.80. The van der Waals surface area contributed by atoms with E-state index < -0.39 is 0 Å². The van der Waals surface area contributed by atoms with Crippen molar-refractivity contribution in [3.05, 3.63) is 0 Å². The Hall–Kier alpha value is -0.0800. The zero-order chi connectivity index (χ0) is 7.68. The molecule has 2 nitrogen and oxygen atoms in total. The molecule has 0 spiro atoms. The Balaban J connectivity index is 2.01. The summed E-state index contributed by atoms with van der Waals surface area (Å²) in [5.41, 5.74) is 0. The van der Waals surface area contributed by atoms with Crippen molar-refractivity contribution in [1.29, 1.82) is 0 Å². The minimum absolute atomic E-state index is 0.882. The van der Waals surface area contributed by atoms with Crippen molar-refractivity contribution in [2.24, 2.45) is 0 Å². The Morgan fingerprint density at radius 2 is 1.55 bits per heavy atom. The summed E-state index contributed by atoms with van der Waals surface area (Å²) in [6.07, 6.45) is 5.58. The fourth-order valence-corrected chi connectivity index (χ4v) is 2.45. The van der Waals surface area contributed by atoms with Gasteiger partial charge in [0.2, 0.25) is 0 Å². The summed E-state index contributed by atoms with van der Waals surface area (Å²) in [6, 6.07) is 1.76. The molecule has 0 saturated carbocycles. The van der Waals surface area contributed by atoms with Crippen molar-refractivity contribution in [2.75, 3.05) is 20.1 Å². The Labute approximate surface area is 69.0 Å². The third-order valence-electron chi connectivity index (χ3n) is 3.29. The van der Waals surface area contributed by atoms with E-state index in [-0.39, 0.29) is 0 Å². The number of rotatable bonds is 0. The van der Waals surface area contributed by atoms with Crippen LogP contribution in [0.4, 0.5) is 0 Å². The zero-order valence-electron chi connectivity index (χ0n) is 7.34. The number of fused-ring (bicyclic) bond motifs is 2. The van der Waals surface area contributed by atoms with Crippen LogP contribution in [0, 0.1) is 0 Å². The van der Waals surface area contributed by atoms with E-state index in [1.807, 2.05) is 0 Å². The standard InChI is InChI=1S/C9H18N2/c1-11-8-2-3-9(11)5-7-10-6-4-8/h8-10H,2-7H2,1H3. The fourth-order valence-electron chi connectivity index (χ4n) is 2.45. The first kappa shape index (κ1) is 7.56. The monoisotopic (exact) mass is 154 g/mol. The Kier molecular flexibility index (Phi) is 2.14. The van der Waals surface area contributed by atoms with Crippen LogP contribution in [0.15, 0.2) is 0 Å². The summed E-state index contributed by atoms with van der Waals surface area (Å²) < 4.78 is 0. The molecule has 2 heteroatoms. The molecule has 2 rings (SSSR count). The molecule has 2 atom stereocenters. The SMILES string of the molecule is CN1C2CCNCCC1CC2. The number of nitrogens with zero attached hydrogens (tertiary/aromatic N) is 1. The van der Waals surface area contributed by atoms with Gasteiger partial charge in [-0.05, 0) is 45.8 Å². The predicted octanol–water partition coefficient (Wildman–Crippen LogP) is 0.833. The zero-order valence-corrected chi connectivity index (χ0v) is 7.34. The summed E-state index contributed by atoms with van der Waals surface area (Å²) in [7, 11) is 2.30. The lowest BCUT2D eigenvalue weighted by atomic mass is 10.1. The minimum atomic E-state index is 0.882. The highest BCUT2D eigenvalue weighted by atomic mass is 15.2. The highest BCUT2D eigenvalue weighted by Crippen LogP contribution is 2.26. The second-order valence-electron chi connectivity index (χ2n) is 3.88. The van der Waals surface area contributed by atoms with E-state index in [1.54, 1.807) is 0 Å². The highest BCUT2D eigenvalue weighted by Gasteiger charge is 2.30. The van der Waals surface area contributed by atoms with E-state index in [0.29, 0.717) is 0 Å². The average Bonchev–Trinajstić information content (AvgIpc) is 2.38. The third-order valence-corrected chi connectivity index (χ3v) is 3.29. The Morgan fingerprint density at radius 1 is 1.00 bits per heavy atom. The van der Waals surface area contributed by atoms with Crippen LogP contribution >= 0.6 is 0 Å².